The lowest BCUT2D eigenvalue weighted by Crippen LogP contribution is -2.70. The molecule has 4 saturated carbocycles. The molecule has 206 valence electrons. The Morgan fingerprint density at radius 2 is 1.78 bits per heavy atom. The summed E-state index contributed by atoms with van der Waals surface area (Å²) in [5.74, 6) is -0.886. The van der Waals surface area contributed by atoms with Gasteiger partial charge in [0.1, 0.15) is 12.7 Å². The standard InChI is InChI=1S/C29H42O8/c1-15-10-23(30)29(33)25(35-15)36-22-13-26(2)17(12-21(22)37-29)4-5-20-19(26)6-8-27(3)18(7-9-28(20,27)32)16-11-24(31)34-14-16/h11,15,17-23,25,30,32-33H,4-10,12-14H2,1-3H3/t15-,17+,18-,19+,20-,21+,22+,23-,25+,26+,27-,28?,29+/m1/s1. The molecule has 8 heteroatoms. The van der Waals surface area contributed by atoms with Crippen LogP contribution in [0.1, 0.15) is 78.6 Å². The van der Waals surface area contributed by atoms with Gasteiger partial charge in [-0.25, -0.2) is 4.79 Å². The van der Waals surface area contributed by atoms with Gasteiger partial charge >= 0.3 is 5.97 Å². The number of carbonyl (C=O) groups excluding carboxylic acids is 1. The molecule has 37 heavy (non-hydrogen) atoms. The van der Waals surface area contributed by atoms with Gasteiger partial charge in [0, 0.05) is 17.9 Å². The number of aliphatic hydroxyl groups excluding tert-OH is 1. The number of esters is 1. The number of fused-ring (bicyclic) bond motifs is 7. The topological polar surface area (TPSA) is 115 Å². The number of carbonyl (C=O) groups is 1. The fraction of sp³-hybridized carbons (Fsp3) is 0.897. The van der Waals surface area contributed by atoms with E-state index in [4.69, 9.17) is 18.9 Å². The molecule has 0 spiro atoms. The van der Waals surface area contributed by atoms with Crippen molar-refractivity contribution in [3.63, 3.8) is 0 Å². The van der Waals surface area contributed by atoms with Crippen LogP contribution in [-0.2, 0) is 23.7 Å². The van der Waals surface area contributed by atoms with Gasteiger partial charge in [-0.2, -0.15) is 0 Å². The largest absolute Gasteiger partial charge is 0.458 e. The predicted octanol–water partition coefficient (Wildman–Crippen LogP) is 2.82. The molecular weight excluding hydrogens is 476 g/mol. The Kier molecular flexibility index (Phi) is 5.41. The smallest absolute Gasteiger partial charge is 0.331 e. The van der Waals surface area contributed by atoms with Gasteiger partial charge in [0.05, 0.1) is 23.9 Å². The van der Waals surface area contributed by atoms with Crippen molar-refractivity contribution >= 4 is 5.97 Å². The Balaban J connectivity index is 1.15. The van der Waals surface area contributed by atoms with E-state index in [9.17, 15) is 20.1 Å². The first-order chi connectivity index (χ1) is 17.5. The number of cyclic esters (lactones) is 1. The van der Waals surface area contributed by atoms with E-state index in [1.54, 1.807) is 6.08 Å². The monoisotopic (exact) mass is 518 g/mol. The van der Waals surface area contributed by atoms with E-state index in [1.165, 1.54) is 0 Å². The maximum absolute atomic E-state index is 12.5. The van der Waals surface area contributed by atoms with Crippen LogP contribution in [0.3, 0.4) is 0 Å². The third-order valence-corrected chi connectivity index (χ3v) is 12.3. The minimum absolute atomic E-state index is 0.0113. The second kappa shape index (κ2) is 8.01. The SMILES string of the molecule is C[C@@H]1C[C@@H](O)[C@]2(O)O[C@H]3C[C@@H]4CC[C@@H]5[C@H](CC[C@]6(C)[C@@H](C7=CC(=O)OC7)CCC56O)[C@@]4(C)C[C@@H]3O[C@@H]2O1. The summed E-state index contributed by atoms with van der Waals surface area (Å²) >= 11 is 0. The highest BCUT2D eigenvalue weighted by molar-refractivity contribution is 5.85. The second-order valence-electron chi connectivity index (χ2n) is 13.8. The Morgan fingerprint density at radius 3 is 2.54 bits per heavy atom. The highest BCUT2D eigenvalue weighted by Crippen LogP contribution is 2.70. The van der Waals surface area contributed by atoms with Crippen molar-refractivity contribution in [3.05, 3.63) is 11.6 Å². The third-order valence-electron chi connectivity index (χ3n) is 12.3. The normalized spacial score (nSPS) is 58.8. The van der Waals surface area contributed by atoms with Gasteiger partial charge in [-0.1, -0.05) is 13.8 Å². The van der Waals surface area contributed by atoms with E-state index in [2.05, 4.69) is 13.8 Å². The van der Waals surface area contributed by atoms with Crippen molar-refractivity contribution in [2.24, 2.45) is 34.5 Å². The highest BCUT2D eigenvalue weighted by Gasteiger charge is 2.69. The predicted molar refractivity (Wildman–Crippen MR) is 131 cm³/mol. The lowest BCUT2D eigenvalue weighted by atomic mass is 9.43. The Labute approximate surface area is 218 Å². The van der Waals surface area contributed by atoms with Gasteiger partial charge in [-0.3, -0.25) is 0 Å². The van der Waals surface area contributed by atoms with E-state index < -0.39 is 23.8 Å². The van der Waals surface area contributed by atoms with Crippen LogP contribution in [-0.4, -0.2) is 70.0 Å². The van der Waals surface area contributed by atoms with Crippen LogP contribution in [0, 0.1) is 34.5 Å². The van der Waals surface area contributed by atoms with Crippen molar-refractivity contribution in [2.45, 2.75) is 121 Å². The molecule has 1 unspecified atom stereocenters. The zero-order chi connectivity index (χ0) is 26.0. The zero-order valence-electron chi connectivity index (χ0n) is 22.2. The van der Waals surface area contributed by atoms with E-state index in [0.717, 1.165) is 56.9 Å². The molecule has 0 amide bonds. The molecule has 6 fully saturated rings. The summed E-state index contributed by atoms with van der Waals surface area (Å²) in [4.78, 5) is 11.8. The summed E-state index contributed by atoms with van der Waals surface area (Å²) in [6.45, 7) is 6.88. The molecule has 0 aromatic carbocycles. The van der Waals surface area contributed by atoms with Crippen molar-refractivity contribution in [1.29, 1.82) is 0 Å². The van der Waals surface area contributed by atoms with Gasteiger partial charge in [-0.15, -0.1) is 0 Å². The van der Waals surface area contributed by atoms with Crippen molar-refractivity contribution < 1.29 is 39.1 Å². The summed E-state index contributed by atoms with van der Waals surface area (Å²) < 4.78 is 23.8. The number of ether oxygens (including phenoxy) is 4. The Hall–Kier alpha value is -1.03. The highest BCUT2D eigenvalue weighted by atomic mass is 16.8. The number of rotatable bonds is 1. The van der Waals surface area contributed by atoms with Gasteiger partial charge < -0.3 is 34.3 Å². The van der Waals surface area contributed by atoms with Crippen LogP contribution in [0.2, 0.25) is 0 Å². The lowest BCUT2D eigenvalue weighted by Gasteiger charge is -2.65. The van der Waals surface area contributed by atoms with E-state index in [1.807, 2.05) is 6.92 Å². The van der Waals surface area contributed by atoms with Crippen molar-refractivity contribution in [1.82, 2.24) is 0 Å². The van der Waals surface area contributed by atoms with Crippen LogP contribution in [0.4, 0.5) is 0 Å². The molecule has 3 N–H and O–H groups in total. The number of hydrogen-bond donors (Lipinski definition) is 3. The molecule has 0 aromatic rings. The van der Waals surface area contributed by atoms with Gasteiger partial charge in [0.25, 0.3) is 0 Å². The van der Waals surface area contributed by atoms with Crippen LogP contribution in [0.25, 0.3) is 0 Å². The van der Waals surface area contributed by atoms with Crippen LogP contribution in [0.15, 0.2) is 11.6 Å². The first-order valence-electron chi connectivity index (χ1n) is 14.5. The fourth-order valence-corrected chi connectivity index (χ4v) is 10.3. The van der Waals surface area contributed by atoms with Gasteiger partial charge in [0.15, 0.2) is 0 Å². The molecule has 3 aliphatic heterocycles. The lowest BCUT2D eigenvalue weighted by molar-refractivity contribution is -0.458. The quantitative estimate of drug-likeness (QED) is 0.359. The average Bonchev–Trinajstić information content (AvgIpc) is 3.37. The van der Waals surface area contributed by atoms with E-state index in [0.29, 0.717) is 24.9 Å². The molecule has 7 rings (SSSR count). The first-order valence-corrected chi connectivity index (χ1v) is 14.5. The maximum atomic E-state index is 12.5. The van der Waals surface area contributed by atoms with Crippen molar-refractivity contribution in [2.75, 3.05) is 6.61 Å². The summed E-state index contributed by atoms with van der Waals surface area (Å²) in [5, 5.41) is 34.2. The molecular formula is C29H42O8. The molecule has 8 nitrogen and oxygen atoms in total. The Bertz CT molecular complexity index is 1010. The number of hydrogen-bond acceptors (Lipinski definition) is 8. The summed E-state index contributed by atoms with van der Waals surface area (Å²) in [5.41, 5.74) is 0.0419. The van der Waals surface area contributed by atoms with Crippen LogP contribution < -0.4 is 0 Å². The first kappa shape index (κ1) is 25.0. The van der Waals surface area contributed by atoms with E-state index >= 15 is 0 Å². The molecule has 2 saturated heterocycles. The molecule has 0 aromatic heterocycles. The molecule has 0 radical (unpaired) electrons. The molecule has 3 heterocycles. The van der Waals surface area contributed by atoms with Gasteiger partial charge in [-0.05, 0) is 93.0 Å². The summed E-state index contributed by atoms with van der Waals surface area (Å²) in [6.07, 6.45) is 6.46. The maximum Gasteiger partial charge on any atom is 0.331 e. The van der Waals surface area contributed by atoms with Crippen LogP contribution in [0.5, 0.6) is 0 Å². The molecule has 7 aliphatic rings. The molecule has 13 atom stereocenters. The third kappa shape index (κ3) is 3.26. The number of aliphatic hydroxyl groups is 3. The summed E-state index contributed by atoms with van der Waals surface area (Å²) in [7, 11) is 0. The van der Waals surface area contributed by atoms with E-state index in [-0.39, 0.29) is 46.9 Å². The minimum atomic E-state index is -1.82. The van der Waals surface area contributed by atoms with Gasteiger partial charge in [0.2, 0.25) is 12.1 Å². The van der Waals surface area contributed by atoms with Crippen molar-refractivity contribution in [3.8, 4) is 0 Å². The minimum Gasteiger partial charge on any atom is -0.458 e. The zero-order valence-corrected chi connectivity index (χ0v) is 22.2. The fourth-order valence-electron chi connectivity index (χ4n) is 10.3. The van der Waals surface area contributed by atoms with Crippen LogP contribution >= 0.6 is 0 Å². The molecule has 4 aliphatic carbocycles. The Morgan fingerprint density at radius 1 is 0.973 bits per heavy atom. The average molecular weight is 519 g/mol. The second-order valence-corrected chi connectivity index (χ2v) is 13.8. The summed E-state index contributed by atoms with van der Waals surface area (Å²) in [6, 6.07) is 0. The molecule has 0 bridgehead atoms.